The molecule has 0 bridgehead atoms. The molecule has 31 heavy (non-hydrogen) atoms. The van der Waals surface area contributed by atoms with Crippen molar-refractivity contribution in [3.05, 3.63) is 64.1 Å². The Hall–Kier alpha value is -2.34. The molecule has 6 heteroatoms. The third kappa shape index (κ3) is 8.02. The van der Waals surface area contributed by atoms with Crippen LogP contribution in [0.1, 0.15) is 58.6 Å². The second-order valence-electron chi connectivity index (χ2n) is 9.08. The van der Waals surface area contributed by atoms with Gasteiger partial charge in [-0.25, -0.2) is 0 Å². The number of nitrogens with one attached hydrogen (secondary N) is 1. The molecule has 0 aliphatic heterocycles. The van der Waals surface area contributed by atoms with Gasteiger partial charge < -0.3 is 15.0 Å². The zero-order chi connectivity index (χ0) is 23.2. The predicted molar refractivity (Wildman–Crippen MR) is 128 cm³/mol. The summed E-state index contributed by atoms with van der Waals surface area (Å²) in [7, 11) is 0. The molecule has 168 valence electrons. The maximum Gasteiger partial charge on any atom is 0.261 e. The van der Waals surface area contributed by atoms with Gasteiger partial charge in [-0.15, -0.1) is 0 Å². The van der Waals surface area contributed by atoms with E-state index in [9.17, 15) is 9.59 Å². The molecule has 0 fully saturated rings. The topological polar surface area (TPSA) is 58.6 Å². The molecule has 0 aromatic heterocycles. The van der Waals surface area contributed by atoms with Gasteiger partial charge in [-0.1, -0.05) is 54.0 Å². The largest absolute Gasteiger partial charge is 0.484 e. The third-order valence-electron chi connectivity index (χ3n) is 4.84. The Kier molecular flexibility index (Phi) is 8.69. The third-order valence-corrected chi connectivity index (χ3v) is 5.37. The standard InChI is InChI=1S/C25H33BrN2O3/c1-17(2)20-9-13-22(14-10-20)31-16-23(29)28(15-19-7-11-21(26)12-8-19)18(3)24(30)27-25(4,5)6/h7-14,17-18H,15-16H2,1-6H3,(H,27,30)/t18-/m0/s1. The van der Waals surface area contributed by atoms with Gasteiger partial charge in [0.1, 0.15) is 11.8 Å². The van der Waals surface area contributed by atoms with Crippen molar-refractivity contribution in [2.45, 2.75) is 65.6 Å². The van der Waals surface area contributed by atoms with Crippen molar-refractivity contribution in [2.24, 2.45) is 0 Å². The van der Waals surface area contributed by atoms with Crippen LogP contribution < -0.4 is 10.1 Å². The summed E-state index contributed by atoms with van der Waals surface area (Å²) in [6, 6.07) is 14.8. The molecule has 5 nitrogen and oxygen atoms in total. The van der Waals surface area contributed by atoms with Crippen molar-refractivity contribution in [3.63, 3.8) is 0 Å². The Bertz CT molecular complexity index is 871. The van der Waals surface area contributed by atoms with Gasteiger partial charge >= 0.3 is 0 Å². The predicted octanol–water partition coefficient (Wildman–Crippen LogP) is 5.28. The SMILES string of the molecule is CC(C)c1ccc(OCC(=O)N(Cc2ccc(Br)cc2)[C@@H](C)C(=O)NC(C)(C)C)cc1. The average Bonchev–Trinajstić information content (AvgIpc) is 2.70. The van der Waals surface area contributed by atoms with Gasteiger partial charge in [0, 0.05) is 16.6 Å². The van der Waals surface area contributed by atoms with E-state index in [1.165, 1.54) is 5.56 Å². The first-order valence-corrected chi connectivity index (χ1v) is 11.3. The molecule has 0 aliphatic carbocycles. The van der Waals surface area contributed by atoms with Crippen LogP contribution in [0.5, 0.6) is 5.75 Å². The Morgan fingerprint density at radius 2 is 1.58 bits per heavy atom. The Morgan fingerprint density at radius 3 is 2.10 bits per heavy atom. The zero-order valence-electron chi connectivity index (χ0n) is 19.2. The lowest BCUT2D eigenvalue weighted by Gasteiger charge is -2.31. The molecule has 0 spiro atoms. The summed E-state index contributed by atoms with van der Waals surface area (Å²) in [4.78, 5) is 27.4. The fraction of sp³-hybridized carbons (Fsp3) is 0.440. The monoisotopic (exact) mass is 488 g/mol. The van der Waals surface area contributed by atoms with Gasteiger partial charge in [-0.2, -0.15) is 0 Å². The van der Waals surface area contributed by atoms with Crippen LogP contribution in [0.25, 0.3) is 0 Å². The summed E-state index contributed by atoms with van der Waals surface area (Å²) in [5.41, 5.74) is 1.77. The summed E-state index contributed by atoms with van der Waals surface area (Å²) < 4.78 is 6.70. The molecule has 2 aromatic carbocycles. The normalized spacial score (nSPS) is 12.4. The van der Waals surface area contributed by atoms with Gasteiger partial charge in [0.25, 0.3) is 5.91 Å². The van der Waals surface area contributed by atoms with E-state index in [0.29, 0.717) is 18.2 Å². The van der Waals surface area contributed by atoms with E-state index in [2.05, 4.69) is 35.1 Å². The molecule has 0 aliphatic rings. The van der Waals surface area contributed by atoms with Crippen molar-refractivity contribution in [1.29, 1.82) is 0 Å². The first-order valence-electron chi connectivity index (χ1n) is 10.5. The summed E-state index contributed by atoms with van der Waals surface area (Å²) in [5.74, 6) is 0.624. The number of ether oxygens (including phenoxy) is 1. The molecule has 2 rings (SSSR count). The Labute approximate surface area is 194 Å². The van der Waals surface area contributed by atoms with Gasteiger partial charge in [0.05, 0.1) is 0 Å². The number of hydrogen-bond acceptors (Lipinski definition) is 3. The first kappa shape index (κ1) is 24.9. The van der Waals surface area contributed by atoms with Crippen LogP contribution in [0, 0.1) is 0 Å². The van der Waals surface area contributed by atoms with E-state index in [1.807, 2.05) is 69.3 Å². The number of amides is 2. The summed E-state index contributed by atoms with van der Waals surface area (Å²) in [6.07, 6.45) is 0. The summed E-state index contributed by atoms with van der Waals surface area (Å²) in [6.45, 7) is 11.9. The van der Waals surface area contributed by atoms with E-state index in [4.69, 9.17) is 4.74 Å². The van der Waals surface area contributed by atoms with Crippen LogP contribution in [0.4, 0.5) is 0 Å². The fourth-order valence-electron chi connectivity index (χ4n) is 3.02. The van der Waals surface area contributed by atoms with E-state index in [0.717, 1.165) is 10.0 Å². The van der Waals surface area contributed by atoms with Crippen LogP contribution in [0.2, 0.25) is 0 Å². The van der Waals surface area contributed by atoms with E-state index in [-0.39, 0.29) is 24.0 Å². The molecular weight excluding hydrogens is 456 g/mol. The Morgan fingerprint density at radius 1 is 1.00 bits per heavy atom. The number of nitrogens with zero attached hydrogens (tertiary/aromatic N) is 1. The molecule has 0 unspecified atom stereocenters. The van der Waals surface area contributed by atoms with Crippen LogP contribution in [-0.2, 0) is 16.1 Å². The van der Waals surface area contributed by atoms with Crippen LogP contribution in [-0.4, -0.2) is 34.9 Å². The van der Waals surface area contributed by atoms with Gasteiger partial charge in [0.15, 0.2) is 6.61 Å². The van der Waals surface area contributed by atoms with E-state index < -0.39 is 6.04 Å². The molecule has 2 aromatic rings. The maximum absolute atomic E-state index is 13.1. The second-order valence-corrected chi connectivity index (χ2v) is 9.99. The van der Waals surface area contributed by atoms with Gasteiger partial charge in [-0.05, 0) is 69.0 Å². The molecule has 0 radical (unpaired) electrons. The number of rotatable bonds is 8. The average molecular weight is 489 g/mol. The van der Waals surface area contributed by atoms with Crippen LogP contribution in [0.15, 0.2) is 53.0 Å². The van der Waals surface area contributed by atoms with Gasteiger partial charge in [-0.3, -0.25) is 9.59 Å². The minimum absolute atomic E-state index is 0.134. The van der Waals surface area contributed by atoms with Crippen molar-refractivity contribution in [3.8, 4) is 5.75 Å². The molecule has 2 amide bonds. The number of carbonyl (C=O) groups excluding carboxylic acids is 2. The summed E-state index contributed by atoms with van der Waals surface area (Å²) in [5, 5.41) is 2.96. The number of halogens is 1. The maximum atomic E-state index is 13.1. The highest BCUT2D eigenvalue weighted by molar-refractivity contribution is 9.10. The molecule has 0 saturated heterocycles. The lowest BCUT2D eigenvalue weighted by Crippen LogP contribution is -2.53. The molecular formula is C25H33BrN2O3. The lowest BCUT2D eigenvalue weighted by atomic mass is 10.0. The van der Waals surface area contributed by atoms with E-state index in [1.54, 1.807) is 11.8 Å². The smallest absolute Gasteiger partial charge is 0.261 e. The van der Waals surface area contributed by atoms with E-state index >= 15 is 0 Å². The molecule has 0 saturated carbocycles. The second kappa shape index (κ2) is 10.8. The first-order chi connectivity index (χ1) is 14.5. The minimum Gasteiger partial charge on any atom is -0.484 e. The zero-order valence-corrected chi connectivity index (χ0v) is 20.8. The number of benzene rings is 2. The molecule has 1 N–H and O–H groups in total. The number of carbonyl (C=O) groups is 2. The highest BCUT2D eigenvalue weighted by Crippen LogP contribution is 2.19. The minimum atomic E-state index is -0.637. The van der Waals surface area contributed by atoms with Crippen molar-refractivity contribution < 1.29 is 14.3 Å². The van der Waals surface area contributed by atoms with Crippen molar-refractivity contribution in [2.75, 3.05) is 6.61 Å². The van der Waals surface area contributed by atoms with Crippen molar-refractivity contribution in [1.82, 2.24) is 10.2 Å². The van der Waals surface area contributed by atoms with Crippen molar-refractivity contribution >= 4 is 27.7 Å². The molecule has 0 heterocycles. The molecule has 1 atom stereocenters. The Balaban J connectivity index is 2.14. The van der Waals surface area contributed by atoms with Gasteiger partial charge in [0.2, 0.25) is 5.91 Å². The van der Waals surface area contributed by atoms with Crippen LogP contribution >= 0.6 is 15.9 Å². The van der Waals surface area contributed by atoms with Crippen LogP contribution in [0.3, 0.4) is 0 Å². The number of hydrogen-bond donors (Lipinski definition) is 1. The highest BCUT2D eigenvalue weighted by atomic mass is 79.9. The lowest BCUT2D eigenvalue weighted by molar-refractivity contribution is -0.142. The fourth-order valence-corrected chi connectivity index (χ4v) is 3.28. The highest BCUT2D eigenvalue weighted by Gasteiger charge is 2.28. The summed E-state index contributed by atoms with van der Waals surface area (Å²) >= 11 is 3.43. The quantitative estimate of drug-likeness (QED) is 0.549.